The molecule has 18 heavy (non-hydrogen) atoms. The van der Waals surface area contributed by atoms with Crippen molar-refractivity contribution < 1.29 is 0 Å². The summed E-state index contributed by atoms with van der Waals surface area (Å²) in [6, 6.07) is 0.615. The molecule has 0 saturated heterocycles. The highest BCUT2D eigenvalue weighted by Crippen LogP contribution is 2.24. The molecule has 0 fully saturated rings. The number of rotatable bonds is 9. The minimum atomic E-state index is 0.615. The van der Waals surface area contributed by atoms with E-state index in [4.69, 9.17) is 0 Å². The molecular weight excluding hydrogens is 220 g/mol. The number of nitrogens with zero attached hydrogens (tertiary/aromatic N) is 2. The quantitative estimate of drug-likeness (QED) is 0.554. The van der Waals surface area contributed by atoms with Crippen LogP contribution in [0.3, 0.4) is 0 Å². The largest absolute Gasteiger partial charge is 0.356 e. The molecule has 1 aliphatic heterocycles. The van der Waals surface area contributed by atoms with E-state index in [1.165, 1.54) is 51.5 Å². The van der Waals surface area contributed by atoms with Crippen LogP contribution < -0.4 is 0 Å². The Labute approximate surface area is 114 Å². The fourth-order valence-corrected chi connectivity index (χ4v) is 2.71. The maximum absolute atomic E-state index is 2.56. The number of hydrogen-bond donors (Lipinski definition) is 0. The Kier molecular flexibility index (Phi) is 7.22. The molecule has 1 unspecified atom stereocenters. The molecule has 0 N–H and O–H groups in total. The normalized spacial score (nSPS) is 19.3. The molecule has 0 bridgehead atoms. The van der Waals surface area contributed by atoms with E-state index in [9.17, 15) is 0 Å². The minimum absolute atomic E-state index is 0.615. The lowest BCUT2D eigenvalue weighted by Gasteiger charge is -2.35. The first-order valence-electron chi connectivity index (χ1n) is 7.92. The fraction of sp³-hybridized carbons (Fsp3) is 0.875. The van der Waals surface area contributed by atoms with Gasteiger partial charge < -0.3 is 9.80 Å². The molecule has 2 nitrogen and oxygen atoms in total. The monoisotopic (exact) mass is 252 g/mol. The van der Waals surface area contributed by atoms with Crippen LogP contribution in [0, 0.1) is 0 Å². The van der Waals surface area contributed by atoms with Crippen LogP contribution in [0.2, 0.25) is 0 Å². The van der Waals surface area contributed by atoms with E-state index in [0.717, 1.165) is 0 Å². The van der Waals surface area contributed by atoms with E-state index < -0.39 is 0 Å². The van der Waals surface area contributed by atoms with Crippen LogP contribution in [0.4, 0.5) is 0 Å². The van der Waals surface area contributed by atoms with Gasteiger partial charge in [0.15, 0.2) is 0 Å². The Morgan fingerprint density at radius 1 is 0.944 bits per heavy atom. The maximum Gasteiger partial charge on any atom is 0.101 e. The summed E-state index contributed by atoms with van der Waals surface area (Å²) >= 11 is 0. The summed E-state index contributed by atoms with van der Waals surface area (Å²) in [5.74, 6) is 0. The van der Waals surface area contributed by atoms with Crippen molar-refractivity contribution in [2.24, 2.45) is 0 Å². The Morgan fingerprint density at radius 2 is 1.61 bits per heavy atom. The third kappa shape index (κ3) is 4.55. The van der Waals surface area contributed by atoms with Crippen LogP contribution in [0.25, 0.3) is 0 Å². The molecule has 2 heteroatoms. The first-order valence-corrected chi connectivity index (χ1v) is 7.92. The van der Waals surface area contributed by atoms with Gasteiger partial charge >= 0.3 is 0 Å². The fourth-order valence-electron chi connectivity index (χ4n) is 2.71. The molecule has 0 saturated carbocycles. The van der Waals surface area contributed by atoms with Gasteiger partial charge in [0, 0.05) is 25.0 Å². The van der Waals surface area contributed by atoms with Crippen molar-refractivity contribution in [2.45, 2.75) is 84.8 Å². The van der Waals surface area contributed by atoms with E-state index >= 15 is 0 Å². The van der Waals surface area contributed by atoms with Crippen molar-refractivity contribution in [3.63, 3.8) is 0 Å². The molecule has 0 aromatic heterocycles. The van der Waals surface area contributed by atoms with Gasteiger partial charge in [0.2, 0.25) is 0 Å². The van der Waals surface area contributed by atoms with Crippen molar-refractivity contribution in [2.75, 3.05) is 6.54 Å². The lowest BCUT2D eigenvalue weighted by molar-refractivity contribution is 0.114. The zero-order chi connectivity index (χ0) is 13.4. The van der Waals surface area contributed by atoms with Gasteiger partial charge in [-0.05, 0) is 33.1 Å². The van der Waals surface area contributed by atoms with Crippen LogP contribution in [0.1, 0.15) is 72.6 Å². The van der Waals surface area contributed by atoms with E-state index in [1.807, 2.05) is 0 Å². The third-order valence-corrected chi connectivity index (χ3v) is 3.84. The lowest BCUT2D eigenvalue weighted by Crippen LogP contribution is -2.42. The maximum atomic E-state index is 2.56. The summed E-state index contributed by atoms with van der Waals surface area (Å²) in [6.45, 7) is 10.4. The molecule has 0 aromatic rings. The summed E-state index contributed by atoms with van der Waals surface area (Å²) in [5.41, 5.74) is 0. The second-order valence-corrected chi connectivity index (χ2v) is 5.76. The van der Waals surface area contributed by atoms with Crippen molar-refractivity contribution in [3.05, 3.63) is 12.4 Å². The average Bonchev–Trinajstić information content (AvgIpc) is 2.73. The number of hydrogen-bond acceptors (Lipinski definition) is 2. The van der Waals surface area contributed by atoms with Crippen molar-refractivity contribution >= 4 is 0 Å². The molecule has 0 aromatic carbocycles. The van der Waals surface area contributed by atoms with Gasteiger partial charge in [-0.1, -0.05) is 39.5 Å². The first kappa shape index (κ1) is 15.4. The van der Waals surface area contributed by atoms with Crippen LogP contribution in [0.5, 0.6) is 0 Å². The Balaban J connectivity index is 2.45. The predicted molar refractivity (Wildman–Crippen MR) is 80.3 cm³/mol. The summed E-state index contributed by atoms with van der Waals surface area (Å²) < 4.78 is 0. The van der Waals surface area contributed by atoms with Crippen molar-refractivity contribution in [1.29, 1.82) is 0 Å². The minimum Gasteiger partial charge on any atom is -0.356 e. The zero-order valence-corrected chi connectivity index (χ0v) is 12.9. The molecule has 0 spiro atoms. The lowest BCUT2D eigenvalue weighted by atomic mass is 10.1. The average molecular weight is 252 g/mol. The molecule has 106 valence electrons. The van der Waals surface area contributed by atoms with Crippen LogP contribution in [0.15, 0.2) is 12.4 Å². The molecule has 1 rings (SSSR count). The SMILES string of the molecule is CCCCCC1N(CCCCC)C=CN1C(C)C. The van der Waals surface area contributed by atoms with Gasteiger partial charge in [0.1, 0.15) is 6.17 Å². The second kappa shape index (κ2) is 8.44. The van der Waals surface area contributed by atoms with Gasteiger partial charge in [-0.2, -0.15) is 0 Å². The highest BCUT2D eigenvalue weighted by molar-refractivity contribution is 4.98. The predicted octanol–water partition coefficient (Wildman–Crippen LogP) is 4.58. The van der Waals surface area contributed by atoms with E-state index in [2.05, 4.69) is 49.9 Å². The Morgan fingerprint density at radius 3 is 2.22 bits per heavy atom. The topological polar surface area (TPSA) is 6.48 Å². The van der Waals surface area contributed by atoms with Gasteiger partial charge in [0.25, 0.3) is 0 Å². The van der Waals surface area contributed by atoms with Crippen molar-refractivity contribution in [3.8, 4) is 0 Å². The van der Waals surface area contributed by atoms with Gasteiger partial charge in [0.05, 0.1) is 0 Å². The molecule has 0 radical (unpaired) electrons. The smallest absolute Gasteiger partial charge is 0.101 e. The van der Waals surface area contributed by atoms with Crippen LogP contribution in [-0.4, -0.2) is 28.6 Å². The van der Waals surface area contributed by atoms with Gasteiger partial charge in [-0.25, -0.2) is 0 Å². The summed E-state index contributed by atoms with van der Waals surface area (Å²) in [5, 5.41) is 0. The molecular formula is C16H32N2. The highest BCUT2D eigenvalue weighted by Gasteiger charge is 2.26. The molecule has 1 atom stereocenters. The summed E-state index contributed by atoms with van der Waals surface area (Å²) in [4.78, 5) is 5.09. The summed E-state index contributed by atoms with van der Waals surface area (Å²) in [6.07, 6.45) is 14.6. The van der Waals surface area contributed by atoms with E-state index in [-0.39, 0.29) is 0 Å². The first-order chi connectivity index (χ1) is 8.70. The molecule has 0 amide bonds. The van der Waals surface area contributed by atoms with E-state index in [0.29, 0.717) is 12.2 Å². The molecule has 1 aliphatic rings. The van der Waals surface area contributed by atoms with Crippen molar-refractivity contribution in [1.82, 2.24) is 9.80 Å². The summed E-state index contributed by atoms with van der Waals surface area (Å²) in [7, 11) is 0. The molecule has 1 heterocycles. The van der Waals surface area contributed by atoms with E-state index in [1.54, 1.807) is 0 Å². The Hall–Kier alpha value is -0.660. The number of unbranched alkanes of at least 4 members (excludes halogenated alkanes) is 4. The second-order valence-electron chi connectivity index (χ2n) is 5.76. The third-order valence-electron chi connectivity index (χ3n) is 3.84. The highest BCUT2D eigenvalue weighted by atomic mass is 15.4. The Bertz CT molecular complexity index is 235. The van der Waals surface area contributed by atoms with Crippen LogP contribution >= 0.6 is 0 Å². The molecule has 0 aliphatic carbocycles. The van der Waals surface area contributed by atoms with Crippen LogP contribution in [-0.2, 0) is 0 Å². The van der Waals surface area contributed by atoms with Gasteiger partial charge in [-0.15, -0.1) is 0 Å². The zero-order valence-electron chi connectivity index (χ0n) is 12.9. The van der Waals surface area contributed by atoms with Gasteiger partial charge in [-0.3, -0.25) is 0 Å². The standard InChI is InChI=1S/C16H32N2/c1-5-7-9-11-16-17(12-10-8-6-2)13-14-18(16)15(3)4/h13-16H,5-12H2,1-4H3.